The topological polar surface area (TPSA) is 29.5 Å². The molecule has 2 heteroatoms. The number of allylic oxidation sites excluding steroid dienone is 1. The maximum Gasteiger partial charge on any atom is 0.109 e. The van der Waals surface area contributed by atoms with Gasteiger partial charge in [0.1, 0.15) is 12.2 Å². The van der Waals surface area contributed by atoms with Gasteiger partial charge < -0.3 is 9.84 Å². The van der Waals surface area contributed by atoms with E-state index in [1.54, 1.807) is 0 Å². The summed E-state index contributed by atoms with van der Waals surface area (Å²) < 4.78 is 5.52. The summed E-state index contributed by atoms with van der Waals surface area (Å²) >= 11 is 0. The van der Waals surface area contributed by atoms with Gasteiger partial charge in [0.25, 0.3) is 0 Å². The Morgan fingerprint density at radius 3 is 2.50 bits per heavy atom. The Hall–Kier alpha value is -1.12. The number of ether oxygens (including phenoxy) is 1. The minimum atomic E-state index is -0.594. The molecule has 0 aliphatic carbocycles. The van der Waals surface area contributed by atoms with Crippen molar-refractivity contribution in [2.45, 2.75) is 32.5 Å². The van der Waals surface area contributed by atoms with Gasteiger partial charge in [-0.15, -0.1) is 0 Å². The molecule has 88 valence electrons. The highest BCUT2D eigenvalue weighted by atomic mass is 16.5. The van der Waals surface area contributed by atoms with Crippen LogP contribution < -0.4 is 0 Å². The molecule has 0 heterocycles. The van der Waals surface area contributed by atoms with Crippen molar-refractivity contribution in [1.29, 1.82) is 0 Å². The molecule has 1 aromatic carbocycles. The standard InChI is InChI=1S/C14H20O2/c1-3-5-11-13(16-4-2)14(15)12-9-7-6-8-10-12/h5-11,13-15H,3-4H2,1-2H3/b11-5+/t13-,14-/m1/s1. The van der Waals surface area contributed by atoms with Crippen LogP contribution in [0.15, 0.2) is 42.5 Å². The van der Waals surface area contributed by atoms with Gasteiger partial charge in [0, 0.05) is 6.61 Å². The Balaban J connectivity index is 2.74. The fourth-order valence-corrected chi connectivity index (χ4v) is 1.55. The molecule has 1 rings (SSSR count). The molecular formula is C14H20O2. The largest absolute Gasteiger partial charge is 0.385 e. The minimum Gasteiger partial charge on any atom is -0.385 e. The Morgan fingerprint density at radius 1 is 1.25 bits per heavy atom. The van der Waals surface area contributed by atoms with E-state index in [0.717, 1.165) is 12.0 Å². The van der Waals surface area contributed by atoms with Crippen molar-refractivity contribution < 1.29 is 9.84 Å². The van der Waals surface area contributed by atoms with Crippen LogP contribution in [0.3, 0.4) is 0 Å². The first-order valence-corrected chi connectivity index (χ1v) is 5.80. The molecule has 0 bridgehead atoms. The summed E-state index contributed by atoms with van der Waals surface area (Å²) in [6, 6.07) is 9.61. The first-order valence-electron chi connectivity index (χ1n) is 5.80. The first kappa shape index (κ1) is 12.9. The fraction of sp³-hybridized carbons (Fsp3) is 0.429. The number of rotatable bonds is 6. The van der Waals surface area contributed by atoms with Gasteiger partial charge >= 0.3 is 0 Å². The van der Waals surface area contributed by atoms with Crippen molar-refractivity contribution >= 4 is 0 Å². The van der Waals surface area contributed by atoms with Crippen molar-refractivity contribution in [1.82, 2.24) is 0 Å². The fourth-order valence-electron chi connectivity index (χ4n) is 1.55. The molecule has 0 saturated heterocycles. The van der Waals surface area contributed by atoms with Crippen LogP contribution in [0.5, 0.6) is 0 Å². The van der Waals surface area contributed by atoms with Crippen LogP contribution >= 0.6 is 0 Å². The zero-order valence-corrected chi connectivity index (χ0v) is 9.97. The van der Waals surface area contributed by atoms with Gasteiger partial charge in [0.15, 0.2) is 0 Å². The van der Waals surface area contributed by atoms with E-state index >= 15 is 0 Å². The second-order valence-electron chi connectivity index (χ2n) is 3.61. The summed E-state index contributed by atoms with van der Waals surface area (Å²) in [4.78, 5) is 0. The molecule has 0 unspecified atom stereocenters. The second kappa shape index (κ2) is 7.20. The van der Waals surface area contributed by atoms with Crippen molar-refractivity contribution in [2.24, 2.45) is 0 Å². The van der Waals surface area contributed by atoms with Gasteiger partial charge in [-0.1, -0.05) is 49.4 Å². The van der Waals surface area contributed by atoms with Crippen LogP contribution in [0.4, 0.5) is 0 Å². The summed E-state index contributed by atoms with van der Waals surface area (Å²) in [6.07, 6.45) is 4.05. The van der Waals surface area contributed by atoms with Gasteiger partial charge in [0.2, 0.25) is 0 Å². The summed E-state index contributed by atoms with van der Waals surface area (Å²) in [5.41, 5.74) is 0.890. The van der Waals surface area contributed by atoms with Crippen LogP contribution in [-0.4, -0.2) is 17.8 Å². The predicted molar refractivity (Wildman–Crippen MR) is 66.2 cm³/mol. The highest BCUT2D eigenvalue weighted by Crippen LogP contribution is 2.20. The monoisotopic (exact) mass is 220 g/mol. The van der Waals surface area contributed by atoms with Gasteiger partial charge in [-0.25, -0.2) is 0 Å². The van der Waals surface area contributed by atoms with Crippen molar-refractivity contribution in [3.05, 3.63) is 48.0 Å². The van der Waals surface area contributed by atoms with Crippen molar-refractivity contribution in [2.75, 3.05) is 6.61 Å². The van der Waals surface area contributed by atoms with Crippen molar-refractivity contribution in [3.8, 4) is 0 Å². The maximum absolute atomic E-state index is 10.2. The molecule has 2 nitrogen and oxygen atoms in total. The van der Waals surface area contributed by atoms with E-state index in [0.29, 0.717) is 6.61 Å². The van der Waals surface area contributed by atoms with Gasteiger partial charge in [-0.2, -0.15) is 0 Å². The third-order valence-corrected chi connectivity index (χ3v) is 2.37. The average Bonchev–Trinajstić information content (AvgIpc) is 2.35. The Bertz CT molecular complexity index is 306. The SMILES string of the molecule is CC/C=C/[C@@H](OCC)[C@H](O)c1ccccc1. The molecule has 0 aliphatic heterocycles. The molecule has 1 N–H and O–H groups in total. The average molecular weight is 220 g/mol. The van der Waals surface area contributed by atoms with E-state index in [9.17, 15) is 5.11 Å². The Morgan fingerprint density at radius 2 is 1.94 bits per heavy atom. The lowest BCUT2D eigenvalue weighted by Crippen LogP contribution is -2.20. The molecule has 0 aromatic heterocycles. The number of aliphatic hydroxyl groups is 1. The lowest BCUT2D eigenvalue weighted by atomic mass is 10.0. The van der Waals surface area contributed by atoms with Crippen molar-refractivity contribution in [3.63, 3.8) is 0 Å². The van der Waals surface area contributed by atoms with E-state index < -0.39 is 6.10 Å². The highest BCUT2D eigenvalue weighted by Gasteiger charge is 2.17. The van der Waals surface area contributed by atoms with Gasteiger partial charge in [-0.05, 0) is 18.9 Å². The zero-order valence-electron chi connectivity index (χ0n) is 9.97. The molecule has 1 aromatic rings. The number of aliphatic hydroxyl groups excluding tert-OH is 1. The van der Waals surface area contributed by atoms with E-state index in [2.05, 4.69) is 6.92 Å². The zero-order chi connectivity index (χ0) is 11.8. The molecule has 0 amide bonds. The molecule has 0 fully saturated rings. The van der Waals surface area contributed by atoms with Gasteiger partial charge in [-0.3, -0.25) is 0 Å². The van der Waals surface area contributed by atoms with Crippen LogP contribution in [0.1, 0.15) is 31.9 Å². The van der Waals surface area contributed by atoms with Crippen LogP contribution in [0, 0.1) is 0 Å². The van der Waals surface area contributed by atoms with E-state index in [1.165, 1.54) is 0 Å². The first-order chi connectivity index (χ1) is 7.79. The smallest absolute Gasteiger partial charge is 0.109 e. The normalized spacial score (nSPS) is 15.2. The lowest BCUT2D eigenvalue weighted by Gasteiger charge is -2.20. The molecule has 16 heavy (non-hydrogen) atoms. The Kier molecular flexibility index (Phi) is 5.83. The predicted octanol–water partition coefficient (Wildman–Crippen LogP) is 3.09. The highest BCUT2D eigenvalue weighted by molar-refractivity contribution is 5.19. The van der Waals surface area contributed by atoms with Crippen LogP contribution in [0.25, 0.3) is 0 Å². The lowest BCUT2D eigenvalue weighted by molar-refractivity contribution is -0.00587. The maximum atomic E-state index is 10.2. The number of hydrogen-bond donors (Lipinski definition) is 1. The van der Waals surface area contributed by atoms with Crippen LogP contribution in [-0.2, 0) is 4.74 Å². The number of hydrogen-bond acceptors (Lipinski definition) is 2. The van der Waals surface area contributed by atoms with E-state index in [1.807, 2.05) is 49.4 Å². The minimum absolute atomic E-state index is 0.257. The van der Waals surface area contributed by atoms with E-state index in [-0.39, 0.29) is 6.10 Å². The third-order valence-electron chi connectivity index (χ3n) is 2.37. The molecule has 0 radical (unpaired) electrons. The molecule has 0 saturated carbocycles. The Labute approximate surface area is 97.6 Å². The third kappa shape index (κ3) is 3.80. The quantitative estimate of drug-likeness (QED) is 0.746. The molecule has 2 atom stereocenters. The summed E-state index contributed by atoms with van der Waals surface area (Å²) in [5.74, 6) is 0. The molecule has 0 aliphatic rings. The second-order valence-corrected chi connectivity index (χ2v) is 3.61. The van der Waals surface area contributed by atoms with E-state index in [4.69, 9.17) is 4.74 Å². The number of benzene rings is 1. The summed E-state index contributed by atoms with van der Waals surface area (Å²) in [6.45, 7) is 4.60. The summed E-state index contributed by atoms with van der Waals surface area (Å²) in [5, 5.41) is 10.2. The summed E-state index contributed by atoms with van der Waals surface area (Å²) in [7, 11) is 0. The van der Waals surface area contributed by atoms with Crippen LogP contribution in [0.2, 0.25) is 0 Å². The van der Waals surface area contributed by atoms with Gasteiger partial charge in [0.05, 0.1) is 0 Å². The molecule has 0 spiro atoms. The molecular weight excluding hydrogens is 200 g/mol.